The first-order chi connectivity index (χ1) is 18.7. The number of carboxylic acid groups (broad SMARTS) is 1. The number of nitrogens with zero attached hydrogens (tertiary/aromatic N) is 2. The maximum atomic E-state index is 14.6. The molecule has 2 N–H and O–H groups in total. The zero-order valence-electron chi connectivity index (χ0n) is 23.8. The van der Waals surface area contributed by atoms with Gasteiger partial charge in [-0.1, -0.05) is 53.1 Å². The second-order valence-electron chi connectivity index (χ2n) is 11.4. The van der Waals surface area contributed by atoms with E-state index in [1.54, 1.807) is 30.1 Å². The van der Waals surface area contributed by atoms with Gasteiger partial charge in [-0.3, -0.25) is 9.78 Å². The molecule has 0 saturated heterocycles. The van der Waals surface area contributed by atoms with Gasteiger partial charge in [-0.15, -0.1) is 0 Å². The van der Waals surface area contributed by atoms with Gasteiger partial charge >= 0.3 is 5.97 Å². The van der Waals surface area contributed by atoms with Gasteiger partial charge in [-0.25, -0.2) is 8.78 Å². The molecule has 10 heteroatoms. The molecule has 6 nitrogen and oxygen atoms in total. The van der Waals surface area contributed by atoms with Crippen molar-refractivity contribution in [2.24, 2.45) is 7.05 Å². The van der Waals surface area contributed by atoms with E-state index in [9.17, 15) is 23.8 Å². The number of carbonyl (C=O) groups is 1. The van der Waals surface area contributed by atoms with Gasteiger partial charge in [0.2, 0.25) is 5.88 Å². The predicted molar refractivity (Wildman–Crippen MR) is 157 cm³/mol. The quantitative estimate of drug-likeness (QED) is 0.152. The lowest BCUT2D eigenvalue weighted by Gasteiger charge is -2.42. The normalized spacial score (nSPS) is 12.4. The largest absolute Gasteiger partial charge is 0.541 e. The molecule has 0 aliphatic heterocycles. The molecule has 4 rings (SSSR count). The molecule has 0 fully saturated rings. The summed E-state index contributed by atoms with van der Waals surface area (Å²) in [6, 6.07) is 3.77. The van der Waals surface area contributed by atoms with Gasteiger partial charge in [0.25, 0.3) is 8.32 Å². The number of rotatable bonds is 9. The Bertz CT molecular complexity index is 1600. The maximum absolute atomic E-state index is 14.6. The summed E-state index contributed by atoms with van der Waals surface area (Å²) in [5.41, 5.74) is 2.37. The molecular formula is C30H35ClF2N2O4Si. The van der Waals surface area contributed by atoms with Gasteiger partial charge in [0.15, 0.2) is 0 Å². The molecule has 4 aromatic rings. The van der Waals surface area contributed by atoms with Crippen molar-refractivity contribution in [3.8, 4) is 11.6 Å². The van der Waals surface area contributed by atoms with E-state index in [0.29, 0.717) is 38.6 Å². The Morgan fingerprint density at radius 2 is 1.68 bits per heavy atom. The second kappa shape index (κ2) is 11.0. The van der Waals surface area contributed by atoms with Gasteiger partial charge in [0.05, 0.1) is 16.8 Å². The van der Waals surface area contributed by atoms with Crippen LogP contribution in [0.25, 0.3) is 21.7 Å². The third kappa shape index (κ3) is 5.05. The van der Waals surface area contributed by atoms with Crippen molar-refractivity contribution < 1.29 is 28.2 Å². The highest BCUT2D eigenvalue weighted by Crippen LogP contribution is 2.49. The lowest BCUT2D eigenvalue weighted by Crippen LogP contribution is -2.50. The van der Waals surface area contributed by atoms with Crippen LogP contribution in [0.4, 0.5) is 8.78 Å². The highest BCUT2D eigenvalue weighted by molar-refractivity contribution is 6.78. The predicted octanol–water partition coefficient (Wildman–Crippen LogP) is 8.14. The van der Waals surface area contributed by atoms with Crippen molar-refractivity contribution in [3.63, 3.8) is 0 Å². The molecule has 0 atom stereocenters. The Morgan fingerprint density at radius 3 is 2.25 bits per heavy atom. The fourth-order valence-corrected chi connectivity index (χ4v) is 11.7. The van der Waals surface area contributed by atoms with Gasteiger partial charge in [0, 0.05) is 42.7 Å². The molecule has 0 radical (unpaired) electrons. The van der Waals surface area contributed by atoms with Crippen LogP contribution in [-0.4, -0.2) is 34.1 Å². The van der Waals surface area contributed by atoms with E-state index in [1.807, 2.05) is 0 Å². The van der Waals surface area contributed by atoms with E-state index in [4.69, 9.17) is 21.0 Å². The van der Waals surface area contributed by atoms with Crippen LogP contribution in [0.5, 0.6) is 11.6 Å². The van der Waals surface area contributed by atoms with Crippen LogP contribution in [0.2, 0.25) is 21.6 Å². The molecule has 40 heavy (non-hydrogen) atoms. The van der Waals surface area contributed by atoms with Gasteiger partial charge in [0.1, 0.15) is 22.9 Å². The number of hydrogen-bond acceptors (Lipinski definition) is 4. The van der Waals surface area contributed by atoms with Crippen molar-refractivity contribution >= 4 is 47.6 Å². The smallest absolute Gasteiger partial charge is 0.307 e. The number of aryl methyl sites for hydroxylation is 1. The summed E-state index contributed by atoms with van der Waals surface area (Å²) >= 11 is 5.91. The number of fused-ring (bicyclic) bond motifs is 2. The van der Waals surface area contributed by atoms with Crippen LogP contribution >= 0.6 is 11.6 Å². The minimum absolute atomic E-state index is 0.0355. The first-order valence-electron chi connectivity index (χ1n) is 13.3. The van der Waals surface area contributed by atoms with E-state index < -0.39 is 25.9 Å². The van der Waals surface area contributed by atoms with Crippen LogP contribution in [0.15, 0.2) is 30.6 Å². The number of benzene rings is 2. The highest BCUT2D eigenvalue weighted by atomic mass is 35.5. The van der Waals surface area contributed by atoms with Gasteiger partial charge < -0.3 is 19.2 Å². The summed E-state index contributed by atoms with van der Waals surface area (Å²) in [5.74, 6) is -2.22. The summed E-state index contributed by atoms with van der Waals surface area (Å²) < 4.78 is 37.0. The fraction of sp³-hybridized carbons (Fsp3) is 0.400. The number of aromatic nitrogens is 2. The van der Waals surface area contributed by atoms with E-state index in [-0.39, 0.29) is 45.9 Å². The van der Waals surface area contributed by atoms with Crippen LogP contribution < -0.4 is 4.43 Å². The molecule has 0 aliphatic carbocycles. The molecule has 214 valence electrons. The molecular weight excluding hydrogens is 554 g/mol. The summed E-state index contributed by atoms with van der Waals surface area (Å²) in [7, 11) is -0.849. The molecule has 0 amide bonds. The fourth-order valence-electron chi connectivity index (χ4n) is 6.24. The zero-order valence-corrected chi connectivity index (χ0v) is 25.5. The second-order valence-corrected chi connectivity index (χ2v) is 17.2. The van der Waals surface area contributed by atoms with Crippen LogP contribution in [0.3, 0.4) is 0 Å². The summed E-state index contributed by atoms with van der Waals surface area (Å²) in [5, 5.41) is 22.3. The zero-order chi connectivity index (χ0) is 29.7. The maximum Gasteiger partial charge on any atom is 0.307 e. The highest BCUT2D eigenvalue weighted by Gasteiger charge is 2.48. The third-order valence-electron chi connectivity index (χ3n) is 7.98. The standard InChI is InChI=1S/C30H35ClF2N2O4Si/c1-15(2)40(16(3)4,17(5)6)39-29-27-22(14-35(7)30(27)38)20(11-26(36)37)21-9-18(13-34-28(21)29)8-19-10-23(31)25(33)12-24(19)32/h9-10,12-17,38H,8,11H2,1-7H3,(H,36,37). The summed E-state index contributed by atoms with van der Waals surface area (Å²) in [4.78, 5) is 16.7. The molecule has 0 spiro atoms. The van der Waals surface area contributed by atoms with Crippen LogP contribution in [-0.2, 0) is 24.7 Å². The monoisotopic (exact) mass is 588 g/mol. The van der Waals surface area contributed by atoms with Crippen molar-refractivity contribution in [1.29, 1.82) is 0 Å². The van der Waals surface area contributed by atoms with E-state index in [0.717, 1.165) is 6.07 Å². The lowest BCUT2D eigenvalue weighted by molar-refractivity contribution is -0.136. The Morgan fingerprint density at radius 1 is 1.05 bits per heavy atom. The van der Waals surface area contributed by atoms with Crippen molar-refractivity contribution in [1.82, 2.24) is 9.55 Å². The molecule has 0 unspecified atom stereocenters. The number of hydrogen-bond donors (Lipinski definition) is 2. The van der Waals surface area contributed by atoms with E-state index in [1.165, 1.54) is 6.07 Å². The SMILES string of the molecule is CC(C)[Si](Oc1c2ncc(Cc3cc(Cl)c(F)cc3F)cc2c(CC(=O)O)c2cn(C)c(O)c12)(C(C)C)C(C)C. The number of carboxylic acids is 1. The van der Waals surface area contributed by atoms with E-state index in [2.05, 4.69) is 41.5 Å². The van der Waals surface area contributed by atoms with Gasteiger partial charge in [-0.05, 0) is 45.4 Å². The first kappa shape index (κ1) is 29.8. The number of pyridine rings is 1. The van der Waals surface area contributed by atoms with Crippen LogP contribution in [0, 0.1) is 11.6 Å². The van der Waals surface area contributed by atoms with Crippen LogP contribution in [0.1, 0.15) is 58.2 Å². The molecule has 2 aromatic heterocycles. The first-order valence-corrected chi connectivity index (χ1v) is 15.9. The molecule has 2 heterocycles. The third-order valence-corrected chi connectivity index (χ3v) is 14.2. The Kier molecular flexibility index (Phi) is 8.20. The number of aliphatic carboxylic acids is 1. The minimum atomic E-state index is -2.54. The Labute approximate surface area is 238 Å². The van der Waals surface area contributed by atoms with Gasteiger partial charge in [-0.2, -0.15) is 0 Å². The molecule has 0 saturated carbocycles. The lowest BCUT2D eigenvalue weighted by atomic mass is 9.96. The molecule has 0 bridgehead atoms. The van der Waals surface area contributed by atoms with Crippen molar-refractivity contribution in [2.75, 3.05) is 0 Å². The number of halogens is 3. The Hall–Kier alpha value is -3.17. The minimum Gasteiger partial charge on any atom is -0.541 e. The average Bonchev–Trinajstić information content (AvgIpc) is 3.15. The summed E-state index contributed by atoms with van der Waals surface area (Å²) in [6.07, 6.45) is 3.02. The average molecular weight is 589 g/mol. The molecule has 0 aliphatic rings. The molecule has 2 aromatic carbocycles. The number of aromatic hydroxyl groups is 1. The topological polar surface area (TPSA) is 84.6 Å². The van der Waals surface area contributed by atoms with Crippen molar-refractivity contribution in [2.45, 2.75) is 71.0 Å². The van der Waals surface area contributed by atoms with Crippen molar-refractivity contribution in [3.05, 3.63) is 63.9 Å². The Balaban J connectivity index is 2.05. The van der Waals surface area contributed by atoms with E-state index >= 15 is 0 Å². The summed E-state index contributed by atoms with van der Waals surface area (Å²) in [6.45, 7) is 12.9.